The molecule has 0 saturated carbocycles. The van der Waals surface area contributed by atoms with Crippen molar-refractivity contribution in [2.24, 2.45) is 0 Å². The van der Waals surface area contributed by atoms with Crippen LogP contribution in [0.25, 0.3) is 5.57 Å². The Labute approximate surface area is 153 Å². The van der Waals surface area contributed by atoms with E-state index in [1.54, 1.807) is 12.1 Å². The minimum absolute atomic E-state index is 0.169. The molecule has 26 heavy (non-hydrogen) atoms. The lowest BCUT2D eigenvalue weighted by atomic mass is 10.0. The van der Waals surface area contributed by atoms with E-state index in [4.69, 9.17) is 14.2 Å². The topological polar surface area (TPSA) is 73.8 Å². The minimum atomic E-state index is -0.521. The van der Waals surface area contributed by atoms with Gasteiger partial charge >= 0.3 is 6.09 Å². The number of aromatic nitrogens is 2. The van der Waals surface area contributed by atoms with Gasteiger partial charge in [-0.25, -0.2) is 9.18 Å². The monoisotopic (exact) mass is 377 g/mol. The smallest absolute Gasteiger partial charge is 0.414 e. The number of cyclic esters (lactones) is 1. The number of ether oxygens (including phenoxy) is 3. The van der Waals surface area contributed by atoms with Crippen LogP contribution in [0.1, 0.15) is 12.0 Å². The zero-order valence-corrected chi connectivity index (χ0v) is 14.6. The fraction of sp³-hybridized carbons (Fsp3) is 0.353. The van der Waals surface area contributed by atoms with Crippen LogP contribution in [0.2, 0.25) is 0 Å². The van der Waals surface area contributed by atoms with Crippen molar-refractivity contribution in [1.82, 2.24) is 8.75 Å². The van der Waals surface area contributed by atoms with Crippen molar-refractivity contribution in [2.45, 2.75) is 12.5 Å². The molecule has 0 aliphatic carbocycles. The Kier molecular flexibility index (Phi) is 4.81. The van der Waals surface area contributed by atoms with Gasteiger partial charge in [-0.2, -0.15) is 4.37 Å². The third-order valence-electron chi connectivity index (χ3n) is 4.27. The third-order valence-corrected chi connectivity index (χ3v) is 4.73. The first-order valence-corrected chi connectivity index (χ1v) is 8.88. The fourth-order valence-corrected chi connectivity index (χ4v) is 3.35. The van der Waals surface area contributed by atoms with E-state index in [9.17, 15) is 9.18 Å². The van der Waals surface area contributed by atoms with Crippen molar-refractivity contribution >= 4 is 29.1 Å². The Hall–Kier alpha value is -2.52. The molecule has 2 aromatic rings. The van der Waals surface area contributed by atoms with Gasteiger partial charge in [0.05, 0.1) is 30.6 Å². The summed E-state index contributed by atoms with van der Waals surface area (Å²) in [5.74, 6) is 0.0148. The van der Waals surface area contributed by atoms with Crippen molar-refractivity contribution in [1.29, 1.82) is 0 Å². The van der Waals surface area contributed by atoms with Crippen LogP contribution in [-0.2, 0) is 9.47 Å². The van der Waals surface area contributed by atoms with Crippen molar-refractivity contribution in [3.8, 4) is 5.88 Å². The zero-order chi connectivity index (χ0) is 17.9. The number of benzene rings is 1. The standard InChI is InChI=1S/C17H16FN3O4S/c18-15-7-12(1-2-14(15)11-3-5-23-6-4-11)21-13(10-25-17(21)22)9-24-16-8-19-26-20-16/h1-3,7-8,13H,4-6,9-10H2/t13-/m1/s1. The molecule has 0 unspecified atom stereocenters. The normalized spacial score (nSPS) is 20.0. The van der Waals surface area contributed by atoms with Crippen LogP contribution in [0.15, 0.2) is 30.5 Å². The summed E-state index contributed by atoms with van der Waals surface area (Å²) in [6, 6.07) is 4.40. The second-order valence-corrected chi connectivity index (χ2v) is 6.43. The van der Waals surface area contributed by atoms with Crippen LogP contribution in [0.4, 0.5) is 14.9 Å². The zero-order valence-electron chi connectivity index (χ0n) is 13.8. The van der Waals surface area contributed by atoms with Crippen LogP contribution in [0, 0.1) is 5.82 Å². The van der Waals surface area contributed by atoms with Gasteiger partial charge in [-0.05, 0) is 30.2 Å². The summed E-state index contributed by atoms with van der Waals surface area (Å²) >= 11 is 1.04. The highest BCUT2D eigenvalue weighted by Crippen LogP contribution is 2.30. The van der Waals surface area contributed by atoms with Crippen molar-refractivity contribution in [3.63, 3.8) is 0 Å². The number of hydrogen-bond acceptors (Lipinski definition) is 7. The molecule has 1 saturated heterocycles. The summed E-state index contributed by atoms with van der Waals surface area (Å²) in [6.07, 6.45) is 3.53. The van der Waals surface area contributed by atoms with E-state index >= 15 is 0 Å². The first-order valence-electron chi connectivity index (χ1n) is 8.15. The molecule has 136 valence electrons. The van der Waals surface area contributed by atoms with E-state index in [0.29, 0.717) is 36.8 Å². The van der Waals surface area contributed by atoms with E-state index < -0.39 is 6.09 Å². The highest BCUT2D eigenvalue weighted by molar-refractivity contribution is 6.99. The molecular formula is C17H16FN3O4S. The molecule has 0 radical (unpaired) electrons. The van der Waals surface area contributed by atoms with Gasteiger partial charge in [0.25, 0.3) is 0 Å². The molecule has 1 amide bonds. The van der Waals surface area contributed by atoms with Crippen LogP contribution in [-0.4, -0.2) is 47.3 Å². The molecule has 2 aliphatic rings. The quantitative estimate of drug-likeness (QED) is 0.798. The van der Waals surface area contributed by atoms with Crippen molar-refractivity contribution < 1.29 is 23.4 Å². The molecule has 1 atom stereocenters. The number of halogens is 1. The van der Waals surface area contributed by atoms with Crippen molar-refractivity contribution in [3.05, 3.63) is 41.9 Å². The van der Waals surface area contributed by atoms with Gasteiger partial charge < -0.3 is 14.2 Å². The Morgan fingerprint density at radius 1 is 1.42 bits per heavy atom. The van der Waals surface area contributed by atoms with Gasteiger partial charge in [0, 0.05) is 5.56 Å². The maximum Gasteiger partial charge on any atom is 0.414 e. The number of carbonyl (C=O) groups is 1. The number of amides is 1. The molecule has 2 aliphatic heterocycles. The summed E-state index contributed by atoms with van der Waals surface area (Å²) in [6.45, 7) is 1.42. The van der Waals surface area contributed by atoms with E-state index in [1.165, 1.54) is 17.2 Å². The van der Waals surface area contributed by atoms with E-state index in [0.717, 1.165) is 17.3 Å². The molecule has 3 heterocycles. The SMILES string of the molecule is O=C1OC[C@@H](COc2cnsn2)N1c1ccc(C2=CCOCC2)c(F)c1. The van der Waals surface area contributed by atoms with Crippen LogP contribution in [0.5, 0.6) is 5.88 Å². The number of anilines is 1. The molecule has 0 bridgehead atoms. The second-order valence-electron chi connectivity index (χ2n) is 5.88. The molecule has 9 heteroatoms. The van der Waals surface area contributed by atoms with Gasteiger partial charge in [0.2, 0.25) is 5.88 Å². The first kappa shape index (κ1) is 16.9. The second kappa shape index (κ2) is 7.38. The van der Waals surface area contributed by atoms with Gasteiger partial charge in [-0.3, -0.25) is 4.90 Å². The Bertz CT molecular complexity index is 827. The summed E-state index contributed by atoms with van der Waals surface area (Å²) in [4.78, 5) is 13.5. The lowest BCUT2D eigenvalue weighted by Crippen LogP contribution is -2.38. The Balaban J connectivity index is 1.53. The summed E-state index contributed by atoms with van der Waals surface area (Å²) in [5, 5.41) is 0. The molecular weight excluding hydrogens is 361 g/mol. The average molecular weight is 377 g/mol. The van der Waals surface area contributed by atoms with E-state index in [2.05, 4.69) is 8.75 Å². The molecule has 0 spiro atoms. The first-order chi connectivity index (χ1) is 12.7. The number of carbonyl (C=O) groups excluding carboxylic acids is 1. The molecule has 4 rings (SSSR count). The van der Waals surface area contributed by atoms with E-state index in [-0.39, 0.29) is 25.1 Å². The van der Waals surface area contributed by atoms with Gasteiger partial charge in [-0.1, -0.05) is 6.08 Å². The van der Waals surface area contributed by atoms with Crippen molar-refractivity contribution in [2.75, 3.05) is 31.3 Å². The number of hydrogen-bond donors (Lipinski definition) is 0. The Morgan fingerprint density at radius 3 is 3.08 bits per heavy atom. The summed E-state index contributed by atoms with van der Waals surface area (Å²) in [5.41, 5.74) is 1.89. The third kappa shape index (κ3) is 3.40. The maximum atomic E-state index is 14.6. The van der Waals surface area contributed by atoms with Gasteiger partial charge in [0.1, 0.15) is 31.3 Å². The highest BCUT2D eigenvalue weighted by atomic mass is 32.1. The number of nitrogens with zero attached hydrogens (tertiary/aromatic N) is 3. The van der Waals surface area contributed by atoms with Gasteiger partial charge in [-0.15, -0.1) is 4.37 Å². The molecule has 7 nitrogen and oxygen atoms in total. The lowest BCUT2D eigenvalue weighted by Gasteiger charge is -2.22. The van der Waals surface area contributed by atoms with Crippen LogP contribution in [0.3, 0.4) is 0 Å². The van der Waals surface area contributed by atoms with Crippen LogP contribution < -0.4 is 9.64 Å². The predicted molar refractivity (Wildman–Crippen MR) is 92.8 cm³/mol. The lowest BCUT2D eigenvalue weighted by molar-refractivity contribution is 0.161. The molecule has 1 fully saturated rings. The average Bonchev–Trinajstić information content (AvgIpc) is 3.30. The van der Waals surface area contributed by atoms with Gasteiger partial charge in [0.15, 0.2) is 0 Å². The largest absolute Gasteiger partial charge is 0.474 e. The summed E-state index contributed by atoms with van der Waals surface area (Å²) in [7, 11) is 0. The summed E-state index contributed by atoms with van der Waals surface area (Å²) < 4.78 is 38.4. The maximum absolute atomic E-state index is 14.6. The fourth-order valence-electron chi connectivity index (χ4n) is 2.99. The van der Waals surface area contributed by atoms with Crippen LogP contribution >= 0.6 is 11.7 Å². The predicted octanol–water partition coefficient (Wildman–Crippen LogP) is 2.89. The Morgan fingerprint density at radius 2 is 2.35 bits per heavy atom. The molecule has 1 aromatic heterocycles. The minimum Gasteiger partial charge on any atom is -0.474 e. The molecule has 1 aromatic carbocycles. The highest BCUT2D eigenvalue weighted by Gasteiger charge is 2.35. The van der Waals surface area contributed by atoms with E-state index in [1.807, 2.05) is 6.08 Å². The molecule has 0 N–H and O–H groups in total. The number of rotatable bonds is 5.